The first-order chi connectivity index (χ1) is 12.7. The lowest BCUT2D eigenvalue weighted by Crippen LogP contribution is -2.49. The second-order valence-corrected chi connectivity index (χ2v) is 8.13. The summed E-state index contributed by atoms with van der Waals surface area (Å²) in [7, 11) is 0. The highest BCUT2D eigenvalue weighted by molar-refractivity contribution is 7.13. The van der Waals surface area contributed by atoms with Crippen LogP contribution in [0.4, 0.5) is 0 Å². The minimum atomic E-state index is 0. The van der Waals surface area contributed by atoms with Crippen LogP contribution in [0.15, 0.2) is 29.6 Å². The standard InChI is InChI=1S/C19H23ClN4OS.2ClH/c20-17-4-2-1-3-16(17)19-22-14(13-26-19)11-18(25)24-8-5-15(12-24)23-9-6-21-7-10-23;;/h1-4,13,15,21H,5-12H2;2*1H. The van der Waals surface area contributed by atoms with Gasteiger partial charge in [0.1, 0.15) is 5.01 Å². The first-order valence-electron chi connectivity index (χ1n) is 9.12. The van der Waals surface area contributed by atoms with E-state index in [0.29, 0.717) is 17.5 Å². The smallest absolute Gasteiger partial charge is 0.228 e. The summed E-state index contributed by atoms with van der Waals surface area (Å²) < 4.78 is 0. The number of benzene rings is 1. The zero-order valence-corrected chi connectivity index (χ0v) is 18.7. The molecule has 0 spiro atoms. The van der Waals surface area contributed by atoms with E-state index in [1.807, 2.05) is 34.5 Å². The van der Waals surface area contributed by atoms with Gasteiger partial charge in [-0.25, -0.2) is 4.98 Å². The molecule has 2 aliphatic heterocycles. The van der Waals surface area contributed by atoms with Crippen LogP contribution in [-0.2, 0) is 11.2 Å². The van der Waals surface area contributed by atoms with Crippen LogP contribution in [0.5, 0.6) is 0 Å². The summed E-state index contributed by atoms with van der Waals surface area (Å²) >= 11 is 7.79. The summed E-state index contributed by atoms with van der Waals surface area (Å²) in [5.41, 5.74) is 1.76. The molecule has 1 aromatic heterocycles. The van der Waals surface area contributed by atoms with E-state index < -0.39 is 0 Å². The number of nitrogens with zero attached hydrogens (tertiary/aromatic N) is 3. The first-order valence-corrected chi connectivity index (χ1v) is 10.4. The van der Waals surface area contributed by atoms with E-state index >= 15 is 0 Å². The van der Waals surface area contributed by atoms with Gasteiger partial charge in [0.05, 0.1) is 17.1 Å². The summed E-state index contributed by atoms with van der Waals surface area (Å²) in [6, 6.07) is 8.20. The number of hydrogen-bond acceptors (Lipinski definition) is 5. The minimum Gasteiger partial charge on any atom is -0.341 e. The number of hydrogen-bond donors (Lipinski definition) is 1. The maximum absolute atomic E-state index is 12.7. The molecule has 0 aliphatic carbocycles. The SMILES string of the molecule is Cl.Cl.O=C(Cc1csc(-c2ccccc2Cl)n1)N1CCC(N2CCNCC2)C1. The summed E-state index contributed by atoms with van der Waals surface area (Å²) in [6.07, 6.45) is 1.45. The number of thiazole rings is 1. The first kappa shape index (κ1) is 23.4. The third-order valence-corrected chi connectivity index (χ3v) is 6.43. The molecule has 0 saturated carbocycles. The average Bonchev–Trinajstić information content (AvgIpc) is 3.33. The molecule has 2 aromatic rings. The lowest BCUT2D eigenvalue weighted by Gasteiger charge is -2.32. The molecule has 2 aliphatic rings. The summed E-state index contributed by atoms with van der Waals surface area (Å²) in [5.74, 6) is 0.179. The largest absolute Gasteiger partial charge is 0.341 e. The predicted molar refractivity (Wildman–Crippen MR) is 120 cm³/mol. The van der Waals surface area contributed by atoms with Crippen LogP contribution in [0.25, 0.3) is 10.6 Å². The Bertz CT molecular complexity index is 782. The van der Waals surface area contributed by atoms with Gasteiger partial charge in [-0.2, -0.15) is 0 Å². The fourth-order valence-corrected chi connectivity index (χ4v) is 4.87. The van der Waals surface area contributed by atoms with Crippen molar-refractivity contribution in [3.63, 3.8) is 0 Å². The molecule has 1 amide bonds. The second-order valence-electron chi connectivity index (χ2n) is 6.87. The maximum atomic E-state index is 12.7. The molecule has 0 bridgehead atoms. The predicted octanol–water partition coefficient (Wildman–Crippen LogP) is 3.36. The Hall–Kier alpha value is -0.890. The third-order valence-electron chi connectivity index (χ3n) is 5.17. The molecule has 154 valence electrons. The zero-order chi connectivity index (χ0) is 17.9. The number of carbonyl (C=O) groups is 1. The van der Waals surface area contributed by atoms with Crippen molar-refractivity contribution in [3.05, 3.63) is 40.4 Å². The van der Waals surface area contributed by atoms with Gasteiger partial charge in [-0.3, -0.25) is 9.69 Å². The normalized spacial score (nSPS) is 19.8. The number of nitrogens with one attached hydrogen (secondary N) is 1. The Morgan fingerprint density at radius 1 is 1.21 bits per heavy atom. The van der Waals surface area contributed by atoms with E-state index in [0.717, 1.165) is 62.0 Å². The fourth-order valence-electron chi connectivity index (χ4n) is 3.73. The molecule has 1 aromatic carbocycles. The molecule has 2 fully saturated rings. The number of amides is 1. The van der Waals surface area contributed by atoms with E-state index in [4.69, 9.17) is 11.6 Å². The van der Waals surface area contributed by atoms with Gasteiger partial charge >= 0.3 is 0 Å². The van der Waals surface area contributed by atoms with E-state index in [1.165, 1.54) is 0 Å². The van der Waals surface area contributed by atoms with Gasteiger partial charge in [0, 0.05) is 56.3 Å². The van der Waals surface area contributed by atoms with Crippen molar-refractivity contribution in [1.29, 1.82) is 0 Å². The molecule has 9 heteroatoms. The van der Waals surface area contributed by atoms with Crippen LogP contribution < -0.4 is 5.32 Å². The lowest BCUT2D eigenvalue weighted by atomic mass is 10.2. The van der Waals surface area contributed by atoms with Crippen molar-refractivity contribution in [2.45, 2.75) is 18.9 Å². The monoisotopic (exact) mass is 462 g/mol. The topological polar surface area (TPSA) is 48.5 Å². The number of aromatic nitrogens is 1. The van der Waals surface area contributed by atoms with Gasteiger partial charge in [-0.15, -0.1) is 36.2 Å². The molecule has 1 N–H and O–H groups in total. The Labute approximate surface area is 187 Å². The Morgan fingerprint density at radius 3 is 2.71 bits per heavy atom. The Kier molecular flexibility index (Phi) is 8.99. The number of rotatable bonds is 4. The maximum Gasteiger partial charge on any atom is 0.228 e. The third kappa shape index (κ3) is 5.38. The van der Waals surface area contributed by atoms with Crippen LogP contribution in [0.1, 0.15) is 12.1 Å². The van der Waals surface area contributed by atoms with Crippen molar-refractivity contribution in [3.8, 4) is 10.6 Å². The number of carbonyl (C=O) groups excluding carboxylic acids is 1. The van der Waals surface area contributed by atoms with E-state index in [2.05, 4.69) is 15.2 Å². The minimum absolute atomic E-state index is 0. The zero-order valence-electron chi connectivity index (χ0n) is 15.5. The van der Waals surface area contributed by atoms with Crippen molar-refractivity contribution in [2.24, 2.45) is 0 Å². The van der Waals surface area contributed by atoms with Gasteiger partial charge < -0.3 is 10.2 Å². The summed E-state index contributed by atoms with van der Waals surface area (Å²) in [6.45, 7) is 5.97. The number of halogens is 3. The van der Waals surface area contributed by atoms with E-state index in [-0.39, 0.29) is 30.7 Å². The molecule has 3 heterocycles. The van der Waals surface area contributed by atoms with Crippen molar-refractivity contribution in [2.75, 3.05) is 39.3 Å². The molecular weight excluding hydrogens is 439 g/mol. The van der Waals surface area contributed by atoms with Crippen LogP contribution in [-0.4, -0.2) is 66.0 Å². The van der Waals surface area contributed by atoms with Gasteiger partial charge in [0.25, 0.3) is 0 Å². The Morgan fingerprint density at radius 2 is 1.96 bits per heavy atom. The van der Waals surface area contributed by atoms with Crippen molar-refractivity contribution >= 4 is 53.7 Å². The lowest BCUT2D eigenvalue weighted by molar-refractivity contribution is -0.129. The van der Waals surface area contributed by atoms with Crippen LogP contribution in [0.2, 0.25) is 5.02 Å². The molecule has 0 radical (unpaired) electrons. The van der Waals surface area contributed by atoms with E-state index in [1.54, 1.807) is 11.3 Å². The van der Waals surface area contributed by atoms with E-state index in [9.17, 15) is 4.79 Å². The van der Waals surface area contributed by atoms with Crippen LogP contribution in [0.3, 0.4) is 0 Å². The highest BCUT2D eigenvalue weighted by atomic mass is 35.5. The van der Waals surface area contributed by atoms with Gasteiger partial charge in [-0.1, -0.05) is 29.8 Å². The van der Waals surface area contributed by atoms with Gasteiger partial charge in [0.2, 0.25) is 5.91 Å². The Balaban J connectivity index is 0.00000140. The molecule has 1 atom stereocenters. The highest BCUT2D eigenvalue weighted by Gasteiger charge is 2.31. The van der Waals surface area contributed by atoms with Gasteiger partial charge in [0.15, 0.2) is 0 Å². The van der Waals surface area contributed by atoms with Crippen molar-refractivity contribution in [1.82, 2.24) is 20.1 Å². The quantitative estimate of drug-likeness (QED) is 0.755. The molecule has 1 unspecified atom stereocenters. The summed E-state index contributed by atoms with van der Waals surface area (Å²) in [4.78, 5) is 21.8. The molecule has 2 saturated heterocycles. The molecule has 28 heavy (non-hydrogen) atoms. The van der Waals surface area contributed by atoms with Gasteiger partial charge in [-0.05, 0) is 12.5 Å². The highest BCUT2D eigenvalue weighted by Crippen LogP contribution is 2.30. The number of piperazine rings is 1. The molecule has 4 rings (SSSR count). The second kappa shape index (κ2) is 10.8. The fraction of sp³-hybridized carbons (Fsp3) is 0.474. The van der Waals surface area contributed by atoms with Crippen molar-refractivity contribution < 1.29 is 4.79 Å². The number of likely N-dealkylation sites (tertiary alicyclic amines) is 1. The van der Waals surface area contributed by atoms with Crippen LogP contribution in [0, 0.1) is 0 Å². The average molecular weight is 464 g/mol. The summed E-state index contributed by atoms with van der Waals surface area (Å²) in [5, 5.41) is 6.92. The van der Waals surface area contributed by atoms with Crippen LogP contribution >= 0.6 is 47.8 Å². The molecular formula is C19H25Cl3N4OS. The molecule has 5 nitrogen and oxygen atoms in total.